The van der Waals surface area contributed by atoms with Crippen molar-refractivity contribution in [2.24, 2.45) is 5.92 Å². The Morgan fingerprint density at radius 1 is 1.30 bits per heavy atom. The maximum Gasteiger partial charge on any atom is 0.220 e. The van der Waals surface area contributed by atoms with Crippen molar-refractivity contribution in [3.8, 4) is 0 Å². The molecule has 1 aromatic carbocycles. The summed E-state index contributed by atoms with van der Waals surface area (Å²) in [5.41, 5.74) is 3.96. The van der Waals surface area contributed by atoms with Gasteiger partial charge in [0.1, 0.15) is 0 Å². The lowest BCUT2D eigenvalue weighted by atomic mass is 9.77. The molecule has 1 aliphatic heterocycles. The van der Waals surface area contributed by atoms with Gasteiger partial charge in [-0.3, -0.25) is 4.79 Å². The van der Waals surface area contributed by atoms with Gasteiger partial charge in [-0.15, -0.1) is 0 Å². The van der Waals surface area contributed by atoms with Crippen molar-refractivity contribution in [2.45, 2.75) is 38.6 Å². The monoisotopic (exact) mass is 268 g/mol. The highest BCUT2D eigenvalue weighted by Gasteiger charge is 2.39. The number of hydrogen-bond acceptors (Lipinski definition) is 1. The molecule has 4 rings (SSSR count). The van der Waals surface area contributed by atoms with Crippen LogP contribution in [0.5, 0.6) is 0 Å². The van der Waals surface area contributed by atoms with E-state index in [2.05, 4.69) is 34.1 Å². The molecule has 0 unspecified atom stereocenters. The first kappa shape index (κ1) is 12.0. The van der Waals surface area contributed by atoms with Crippen LogP contribution in [0.15, 0.2) is 24.3 Å². The lowest BCUT2D eigenvalue weighted by Crippen LogP contribution is -2.43. The molecule has 1 N–H and O–H groups in total. The third-order valence-electron chi connectivity index (χ3n) is 5.07. The van der Waals surface area contributed by atoms with Crippen LogP contribution in [0.3, 0.4) is 0 Å². The number of amides is 1. The van der Waals surface area contributed by atoms with Crippen LogP contribution in [0.1, 0.15) is 43.5 Å². The number of benzene rings is 1. The molecule has 20 heavy (non-hydrogen) atoms. The Balaban J connectivity index is 1.88. The minimum absolute atomic E-state index is 0.214. The first-order valence-corrected chi connectivity index (χ1v) is 7.62. The Labute approximate surface area is 119 Å². The fourth-order valence-corrected chi connectivity index (χ4v) is 4.19. The molecule has 1 amide bonds. The number of rotatable bonds is 0. The van der Waals surface area contributed by atoms with Crippen LogP contribution in [-0.2, 0) is 11.2 Å². The molecule has 2 heterocycles. The first-order valence-electron chi connectivity index (χ1n) is 7.62. The summed E-state index contributed by atoms with van der Waals surface area (Å²) in [7, 11) is 0. The van der Waals surface area contributed by atoms with Gasteiger partial charge in [-0.1, -0.05) is 18.2 Å². The van der Waals surface area contributed by atoms with E-state index >= 15 is 0 Å². The minimum atomic E-state index is 0.214. The second-order valence-corrected chi connectivity index (χ2v) is 6.16. The Kier molecular flexibility index (Phi) is 2.62. The first-order chi connectivity index (χ1) is 9.75. The molecule has 1 aromatic heterocycles. The van der Waals surface area contributed by atoms with Gasteiger partial charge in [0.15, 0.2) is 0 Å². The molecular weight excluding hydrogens is 248 g/mol. The summed E-state index contributed by atoms with van der Waals surface area (Å²) in [6.07, 6.45) is 4.76. The fraction of sp³-hybridized carbons (Fsp3) is 0.471. The van der Waals surface area contributed by atoms with Gasteiger partial charge in [0.25, 0.3) is 0 Å². The number of hydrogen-bond donors (Lipinski definition) is 1. The molecule has 0 spiro atoms. The number of fused-ring (bicyclic) bond motifs is 5. The van der Waals surface area contributed by atoms with E-state index in [4.69, 9.17) is 0 Å². The summed E-state index contributed by atoms with van der Waals surface area (Å²) < 4.78 is 0. The van der Waals surface area contributed by atoms with Crippen molar-refractivity contribution in [2.75, 3.05) is 6.54 Å². The van der Waals surface area contributed by atoms with Gasteiger partial charge in [-0.05, 0) is 43.2 Å². The Morgan fingerprint density at radius 2 is 2.15 bits per heavy atom. The molecule has 1 fully saturated rings. The average Bonchev–Trinajstić information content (AvgIpc) is 2.85. The van der Waals surface area contributed by atoms with Crippen molar-refractivity contribution in [3.05, 3.63) is 35.5 Å². The molecule has 2 aromatic rings. The molecule has 0 saturated carbocycles. The number of aryl methyl sites for hydroxylation is 1. The Hall–Kier alpha value is -1.77. The van der Waals surface area contributed by atoms with Crippen LogP contribution < -0.4 is 0 Å². The summed E-state index contributed by atoms with van der Waals surface area (Å²) in [5.74, 6) is 0.847. The number of aromatic amines is 1. The number of carbonyl (C=O) groups excluding carboxylic acids is 1. The van der Waals surface area contributed by atoms with Crippen molar-refractivity contribution in [1.29, 1.82) is 0 Å². The van der Waals surface area contributed by atoms with E-state index in [0.717, 1.165) is 19.4 Å². The van der Waals surface area contributed by atoms with E-state index < -0.39 is 0 Å². The van der Waals surface area contributed by atoms with E-state index in [-0.39, 0.29) is 11.9 Å². The van der Waals surface area contributed by atoms with Crippen molar-refractivity contribution < 1.29 is 4.79 Å². The van der Waals surface area contributed by atoms with Gasteiger partial charge in [0, 0.05) is 30.1 Å². The summed E-state index contributed by atoms with van der Waals surface area (Å²) in [4.78, 5) is 17.7. The topological polar surface area (TPSA) is 36.1 Å². The number of carbonyl (C=O) groups is 1. The average molecular weight is 268 g/mol. The largest absolute Gasteiger partial charge is 0.356 e. The van der Waals surface area contributed by atoms with E-state index in [9.17, 15) is 4.79 Å². The maximum absolute atomic E-state index is 12.0. The van der Waals surface area contributed by atoms with Gasteiger partial charge < -0.3 is 9.88 Å². The van der Waals surface area contributed by atoms with Crippen LogP contribution in [0, 0.1) is 5.92 Å². The minimum Gasteiger partial charge on any atom is -0.356 e. The van der Waals surface area contributed by atoms with Crippen LogP contribution in [0.2, 0.25) is 0 Å². The van der Waals surface area contributed by atoms with Gasteiger partial charge in [0.2, 0.25) is 5.91 Å². The Bertz CT molecular complexity index is 673. The Morgan fingerprint density at radius 3 is 3.00 bits per heavy atom. The van der Waals surface area contributed by atoms with Crippen molar-refractivity contribution in [3.63, 3.8) is 0 Å². The maximum atomic E-state index is 12.0. The normalized spacial score (nSPS) is 25.4. The lowest BCUT2D eigenvalue weighted by Gasteiger charge is -2.43. The highest BCUT2D eigenvalue weighted by atomic mass is 16.2. The zero-order chi connectivity index (χ0) is 13.7. The summed E-state index contributed by atoms with van der Waals surface area (Å²) in [5, 5.41) is 1.34. The second kappa shape index (κ2) is 4.37. The number of nitrogens with one attached hydrogen (secondary N) is 1. The van der Waals surface area contributed by atoms with Gasteiger partial charge in [-0.2, -0.15) is 0 Å². The molecule has 2 aliphatic rings. The molecule has 2 atom stereocenters. The van der Waals surface area contributed by atoms with Crippen LogP contribution in [0.4, 0.5) is 0 Å². The molecule has 0 radical (unpaired) electrons. The van der Waals surface area contributed by atoms with Gasteiger partial charge in [0.05, 0.1) is 6.04 Å². The molecule has 1 saturated heterocycles. The van der Waals surface area contributed by atoms with E-state index in [0.29, 0.717) is 5.92 Å². The van der Waals surface area contributed by atoms with Crippen molar-refractivity contribution >= 4 is 16.8 Å². The summed E-state index contributed by atoms with van der Waals surface area (Å²) >= 11 is 0. The molecule has 1 aliphatic carbocycles. The predicted octanol–water partition coefficient (Wildman–Crippen LogP) is 3.41. The van der Waals surface area contributed by atoms with Gasteiger partial charge >= 0.3 is 0 Å². The second-order valence-electron chi connectivity index (χ2n) is 6.16. The zero-order valence-corrected chi connectivity index (χ0v) is 11.9. The number of piperidine rings is 1. The van der Waals surface area contributed by atoms with Crippen molar-refractivity contribution in [1.82, 2.24) is 9.88 Å². The predicted molar refractivity (Wildman–Crippen MR) is 79.5 cm³/mol. The quantitative estimate of drug-likeness (QED) is 0.781. The molecule has 3 nitrogen and oxygen atoms in total. The highest BCUT2D eigenvalue weighted by molar-refractivity contribution is 5.85. The highest BCUT2D eigenvalue weighted by Crippen LogP contribution is 2.45. The standard InChI is InChI=1S/C17H20N2O/c1-11(20)19-10-4-5-12-8-9-14-13-6-2-3-7-15(13)18-16(14)17(12)19/h2-3,6-7,12,17-18H,4-5,8-10H2,1H3/t12-,17-/m1/s1. The smallest absolute Gasteiger partial charge is 0.220 e. The summed E-state index contributed by atoms with van der Waals surface area (Å²) in [6, 6.07) is 8.80. The number of nitrogens with zero attached hydrogens (tertiary/aromatic N) is 1. The molecular formula is C17H20N2O. The third kappa shape index (κ3) is 1.62. The number of H-pyrrole nitrogens is 1. The van der Waals surface area contributed by atoms with Gasteiger partial charge in [-0.25, -0.2) is 0 Å². The van der Waals surface area contributed by atoms with Crippen LogP contribution >= 0.6 is 0 Å². The van der Waals surface area contributed by atoms with E-state index in [1.54, 1.807) is 6.92 Å². The molecule has 0 bridgehead atoms. The molecule has 3 heteroatoms. The number of aromatic nitrogens is 1. The SMILES string of the molecule is CC(=O)N1CCC[C@@H]2CCc3c([nH]c4ccccc34)[C@@H]21. The summed E-state index contributed by atoms with van der Waals surface area (Å²) in [6.45, 7) is 2.62. The third-order valence-corrected chi connectivity index (χ3v) is 5.07. The zero-order valence-electron chi connectivity index (χ0n) is 11.9. The lowest BCUT2D eigenvalue weighted by molar-refractivity contribution is -0.134. The van der Waals surface area contributed by atoms with E-state index in [1.807, 2.05) is 0 Å². The number of likely N-dealkylation sites (tertiary alicyclic amines) is 1. The number of para-hydroxylation sites is 1. The van der Waals surface area contributed by atoms with Crippen LogP contribution in [0.25, 0.3) is 10.9 Å². The van der Waals surface area contributed by atoms with E-state index in [1.165, 1.54) is 35.0 Å². The fourth-order valence-electron chi connectivity index (χ4n) is 4.19. The van der Waals surface area contributed by atoms with Crippen LogP contribution in [-0.4, -0.2) is 22.3 Å². The molecule has 104 valence electrons.